The van der Waals surface area contributed by atoms with Crippen molar-refractivity contribution in [2.45, 2.75) is 6.18 Å². The number of carbonyl (C=O) groups is 2. The van der Waals surface area contributed by atoms with Crippen molar-refractivity contribution >= 4 is 17.6 Å². The molecule has 0 heterocycles. The van der Waals surface area contributed by atoms with Crippen molar-refractivity contribution in [1.29, 1.82) is 0 Å². The summed E-state index contributed by atoms with van der Waals surface area (Å²) in [5.74, 6) is -1.85. The van der Waals surface area contributed by atoms with Crippen LogP contribution >= 0.6 is 0 Å². The first-order valence-electron chi connectivity index (χ1n) is 6.62. The number of hydrogen-bond acceptors (Lipinski definition) is 3. The van der Waals surface area contributed by atoms with Crippen LogP contribution in [0.25, 0.3) is 0 Å². The topological polar surface area (TPSA) is 75.6 Å². The van der Waals surface area contributed by atoms with Crippen LogP contribution < -0.4 is 10.1 Å². The number of carboxylic acid groups (broad SMARTS) is 1. The number of carbonyl (C=O) groups excluding carboxylic acids is 1. The summed E-state index contributed by atoms with van der Waals surface area (Å²) in [5, 5.41) is 11.3. The Kier molecular flexibility index (Phi) is 4.77. The second kappa shape index (κ2) is 6.61. The molecule has 0 unspecified atom stereocenters. The molecule has 0 saturated carbocycles. The predicted molar refractivity (Wildman–Crippen MR) is 79.4 cm³/mol. The number of carboxylic acids is 1. The van der Waals surface area contributed by atoms with Gasteiger partial charge in [0.15, 0.2) is 0 Å². The van der Waals surface area contributed by atoms with E-state index >= 15 is 0 Å². The normalized spacial score (nSPS) is 11.0. The van der Waals surface area contributed by atoms with Crippen molar-refractivity contribution in [2.75, 3.05) is 12.4 Å². The van der Waals surface area contributed by atoms with E-state index in [9.17, 15) is 22.8 Å². The minimum Gasteiger partial charge on any atom is -0.495 e. The van der Waals surface area contributed by atoms with Crippen LogP contribution in [0.15, 0.2) is 42.5 Å². The molecule has 0 aliphatic rings. The minimum absolute atomic E-state index is 0.0415. The molecule has 0 saturated heterocycles. The van der Waals surface area contributed by atoms with E-state index in [1.54, 1.807) is 0 Å². The van der Waals surface area contributed by atoms with Gasteiger partial charge in [0.2, 0.25) is 0 Å². The molecule has 2 N–H and O–H groups in total. The molecule has 1 amide bonds. The number of halogens is 3. The van der Waals surface area contributed by atoms with Gasteiger partial charge < -0.3 is 15.2 Å². The Morgan fingerprint density at radius 1 is 1.08 bits per heavy atom. The van der Waals surface area contributed by atoms with E-state index in [4.69, 9.17) is 9.84 Å². The number of benzene rings is 2. The van der Waals surface area contributed by atoms with Gasteiger partial charge in [-0.25, -0.2) is 4.79 Å². The van der Waals surface area contributed by atoms with Crippen molar-refractivity contribution in [2.24, 2.45) is 0 Å². The van der Waals surface area contributed by atoms with E-state index in [2.05, 4.69) is 5.32 Å². The molecule has 5 nitrogen and oxygen atoms in total. The first-order chi connectivity index (χ1) is 11.2. The van der Waals surface area contributed by atoms with Crippen LogP contribution in [0.2, 0.25) is 0 Å². The Morgan fingerprint density at radius 2 is 1.79 bits per heavy atom. The summed E-state index contributed by atoms with van der Waals surface area (Å²) in [5.41, 5.74) is -1.23. The first kappa shape index (κ1) is 17.3. The van der Waals surface area contributed by atoms with E-state index in [1.807, 2.05) is 0 Å². The lowest BCUT2D eigenvalue weighted by molar-refractivity contribution is -0.137. The molecule has 24 heavy (non-hydrogen) atoms. The summed E-state index contributed by atoms with van der Waals surface area (Å²) in [6.07, 6.45) is -4.57. The van der Waals surface area contributed by atoms with Crippen LogP contribution in [0.4, 0.5) is 18.9 Å². The van der Waals surface area contributed by atoms with Crippen molar-refractivity contribution in [3.8, 4) is 5.75 Å². The van der Waals surface area contributed by atoms with Gasteiger partial charge >= 0.3 is 12.1 Å². The van der Waals surface area contributed by atoms with Crippen LogP contribution in [0.5, 0.6) is 5.75 Å². The third-order valence-corrected chi connectivity index (χ3v) is 3.15. The fraction of sp³-hybridized carbons (Fsp3) is 0.125. The van der Waals surface area contributed by atoms with Gasteiger partial charge in [-0.2, -0.15) is 13.2 Å². The number of aromatic carboxylic acids is 1. The minimum atomic E-state index is -4.57. The molecule has 2 rings (SSSR count). The predicted octanol–water partition coefficient (Wildman–Crippen LogP) is 3.66. The van der Waals surface area contributed by atoms with Gasteiger partial charge in [0.1, 0.15) is 5.75 Å². The smallest absolute Gasteiger partial charge is 0.416 e. The lowest BCUT2D eigenvalue weighted by atomic mass is 10.1. The number of amides is 1. The maximum atomic E-state index is 12.7. The zero-order valence-electron chi connectivity index (χ0n) is 12.3. The Bertz CT molecular complexity index is 787. The Labute approximate surface area is 134 Å². The Balaban J connectivity index is 2.33. The summed E-state index contributed by atoms with van der Waals surface area (Å²) in [7, 11) is 1.32. The summed E-state index contributed by atoms with van der Waals surface area (Å²) in [4.78, 5) is 23.1. The van der Waals surface area contributed by atoms with Gasteiger partial charge in [0.25, 0.3) is 5.91 Å². The van der Waals surface area contributed by atoms with Gasteiger partial charge in [0.05, 0.1) is 23.9 Å². The van der Waals surface area contributed by atoms with Crippen molar-refractivity contribution in [1.82, 2.24) is 0 Å². The molecule has 2 aromatic carbocycles. The summed E-state index contributed by atoms with van der Waals surface area (Å²) < 4.78 is 43.1. The highest BCUT2D eigenvalue weighted by Crippen LogP contribution is 2.30. The Morgan fingerprint density at radius 3 is 2.38 bits per heavy atom. The summed E-state index contributed by atoms with van der Waals surface area (Å²) in [6.45, 7) is 0. The van der Waals surface area contributed by atoms with Crippen LogP contribution in [-0.2, 0) is 6.18 Å². The molecule has 0 bridgehead atoms. The zero-order valence-corrected chi connectivity index (χ0v) is 12.3. The van der Waals surface area contributed by atoms with Gasteiger partial charge in [-0.05, 0) is 36.4 Å². The monoisotopic (exact) mass is 339 g/mol. The fourth-order valence-corrected chi connectivity index (χ4v) is 1.97. The highest BCUT2D eigenvalue weighted by Gasteiger charge is 2.31. The number of hydrogen-bond donors (Lipinski definition) is 2. The molecule has 0 aliphatic carbocycles. The van der Waals surface area contributed by atoms with Gasteiger partial charge in [0, 0.05) is 5.56 Å². The number of nitrogens with one attached hydrogen (secondary N) is 1. The number of methoxy groups -OCH3 is 1. The number of ether oxygens (including phenoxy) is 1. The lowest BCUT2D eigenvalue weighted by Crippen LogP contribution is -2.15. The highest BCUT2D eigenvalue weighted by atomic mass is 19.4. The standard InChI is InChI=1S/C16H12F3NO4/c1-24-13-6-5-10(15(22)23)8-12(13)20-14(21)9-3-2-4-11(7-9)16(17,18)19/h2-8H,1H3,(H,20,21)(H,22,23). The van der Waals surface area contributed by atoms with Gasteiger partial charge in [-0.15, -0.1) is 0 Å². The van der Waals surface area contributed by atoms with E-state index in [1.165, 1.54) is 25.3 Å². The molecule has 2 aromatic rings. The molecule has 8 heteroatoms. The summed E-state index contributed by atoms with van der Waals surface area (Å²) >= 11 is 0. The third kappa shape index (κ3) is 3.83. The van der Waals surface area contributed by atoms with Crippen molar-refractivity contribution in [3.05, 3.63) is 59.2 Å². The van der Waals surface area contributed by atoms with Crippen LogP contribution in [0, 0.1) is 0 Å². The molecule has 0 aliphatic heterocycles. The van der Waals surface area contributed by atoms with Gasteiger partial charge in [-0.3, -0.25) is 4.79 Å². The molecule has 126 valence electrons. The summed E-state index contributed by atoms with van der Waals surface area (Å²) in [6, 6.07) is 7.67. The van der Waals surface area contributed by atoms with E-state index < -0.39 is 23.6 Å². The van der Waals surface area contributed by atoms with Crippen LogP contribution in [-0.4, -0.2) is 24.1 Å². The second-order valence-electron chi connectivity index (χ2n) is 4.75. The zero-order chi connectivity index (χ0) is 17.9. The molecular formula is C16H12F3NO4. The quantitative estimate of drug-likeness (QED) is 0.891. The van der Waals surface area contributed by atoms with Crippen LogP contribution in [0.1, 0.15) is 26.3 Å². The van der Waals surface area contributed by atoms with E-state index in [0.29, 0.717) is 6.07 Å². The number of rotatable bonds is 4. The van der Waals surface area contributed by atoms with Gasteiger partial charge in [-0.1, -0.05) is 6.07 Å². The molecular weight excluding hydrogens is 327 g/mol. The largest absolute Gasteiger partial charge is 0.495 e. The maximum Gasteiger partial charge on any atom is 0.416 e. The van der Waals surface area contributed by atoms with E-state index in [-0.39, 0.29) is 22.6 Å². The van der Waals surface area contributed by atoms with Crippen LogP contribution in [0.3, 0.4) is 0 Å². The molecule has 0 spiro atoms. The lowest BCUT2D eigenvalue weighted by Gasteiger charge is -2.12. The van der Waals surface area contributed by atoms with Crippen molar-refractivity contribution in [3.63, 3.8) is 0 Å². The average Bonchev–Trinajstić information content (AvgIpc) is 2.54. The fourth-order valence-electron chi connectivity index (χ4n) is 1.97. The molecule has 0 aromatic heterocycles. The SMILES string of the molecule is COc1ccc(C(=O)O)cc1NC(=O)c1cccc(C(F)(F)F)c1. The average molecular weight is 339 g/mol. The third-order valence-electron chi connectivity index (χ3n) is 3.15. The maximum absolute atomic E-state index is 12.7. The number of anilines is 1. The highest BCUT2D eigenvalue weighted by molar-refractivity contribution is 6.05. The van der Waals surface area contributed by atoms with E-state index in [0.717, 1.165) is 18.2 Å². The Hall–Kier alpha value is -3.03. The second-order valence-corrected chi connectivity index (χ2v) is 4.75. The van der Waals surface area contributed by atoms with Crippen molar-refractivity contribution < 1.29 is 32.6 Å². The molecule has 0 fully saturated rings. The first-order valence-corrected chi connectivity index (χ1v) is 6.62. The number of alkyl halides is 3. The molecule has 0 atom stereocenters. The molecule has 0 radical (unpaired) electrons.